The Labute approximate surface area is 108 Å². The minimum absolute atomic E-state index is 0.111. The van der Waals surface area contributed by atoms with Gasteiger partial charge in [0, 0.05) is 13.1 Å². The van der Waals surface area contributed by atoms with Crippen molar-refractivity contribution in [1.82, 2.24) is 4.90 Å². The van der Waals surface area contributed by atoms with E-state index < -0.39 is 17.4 Å². The molecule has 0 spiro atoms. The fourth-order valence-electron chi connectivity index (χ4n) is 2.52. The van der Waals surface area contributed by atoms with Crippen LogP contribution in [0.2, 0.25) is 0 Å². The number of carboxylic acids is 1. The monoisotopic (exact) mass is 256 g/mol. The SMILES string of the molecule is CCC1(C(=O)O)CCN(C(=O)[C@H](N)CC(C)C)C1. The second-order valence-electron chi connectivity index (χ2n) is 5.68. The Morgan fingerprint density at radius 1 is 1.44 bits per heavy atom. The van der Waals surface area contributed by atoms with Crippen LogP contribution in [0.4, 0.5) is 0 Å². The van der Waals surface area contributed by atoms with Gasteiger partial charge < -0.3 is 15.7 Å². The molecule has 5 heteroatoms. The Bertz CT molecular complexity index is 330. The highest BCUT2D eigenvalue weighted by Gasteiger charge is 2.45. The summed E-state index contributed by atoms with van der Waals surface area (Å²) in [5, 5.41) is 9.28. The maximum absolute atomic E-state index is 12.1. The lowest BCUT2D eigenvalue weighted by Gasteiger charge is -2.25. The van der Waals surface area contributed by atoms with E-state index in [1.807, 2.05) is 20.8 Å². The molecule has 2 atom stereocenters. The minimum atomic E-state index is -0.808. The van der Waals surface area contributed by atoms with Crippen molar-refractivity contribution in [3.8, 4) is 0 Å². The number of hydrogen-bond donors (Lipinski definition) is 2. The molecule has 1 heterocycles. The van der Waals surface area contributed by atoms with Gasteiger partial charge in [-0.2, -0.15) is 0 Å². The van der Waals surface area contributed by atoms with Crippen molar-refractivity contribution < 1.29 is 14.7 Å². The molecule has 1 amide bonds. The zero-order valence-electron chi connectivity index (χ0n) is 11.5. The molecule has 5 nitrogen and oxygen atoms in total. The smallest absolute Gasteiger partial charge is 0.311 e. The number of carbonyl (C=O) groups excluding carboxylic acids is 1. The Morgan fingerprint density at radius 2 is 2.06 bits per heavy atom. The van der Waals surface area contributed by atoms with Gasteiger partial charge in [-0.3, -0.25) is 9.59 Å². The van der Waals surface area contributed by atoms with Crippen molar-refractivity contribution in [3.05, 3.63) is 0 Å². The maximum Gasteiger partial charge on any atom is 0.311 e. The lowest BCUT2D eigenvalue weighted by molar-refractivity contribution is -0.148. The van der Waals surface area contributed by atoms with E-state index in [-0.39, 0.29) is 5.91 Å². The molecule has 1 saturated heterocycles. The third-order valence-electron chi connectivity index (χ3n) is 3.84. The van der Waals surface area contributed by atoms with Crippen molar-refractivity contribution >= 4 is 11.9 Å². The number of likely N-dealkylation sites (tertiary alicyclic amines) is 1. The molecule has 0 saturated carbocycles. The molecule has 0 radical (unpaired) electrons. The van der Waals surface area contributed by atoms with Gasteiger partial charge in [0.15, 0.2) is 0 Å². The lowest BCUT2D eigenvalue weighted by Crippen LogP contribution is -2.45. The van der Waals surface area contributed by atoms with E-state index in [0.717, 1.165) is 0 Å². The number of carbonyl (C=O) groups is 2. The summed E-state index contributed by atoms with van der Waals surface area (Å²) >= 11 is 0. The van der Waals surface area contributed by atoms with Gasteiger partial charge in [0.1, 0.15) is 0 Å². The number of hydrogen-bond acceptors (Lipinski definition) is 3. The number of rotatable bonds is 5. The highest BCUT2D eigenvalue weighted by Crippen LogP contribution is 2.34. The highest BCUT2D eigenvalue weighted by molar-refractivity contribution is 5.84. The van der Waals surface area contributed by atoms with Crippen LogP contribution in [0.15, 0.2) is 0 Å². The molecule has 1 aliphatic rings. The van der Waals surface area contributed by atoms with E-state index in [1.165, 1.54) is 0 Å². The summed E-state index contributed by atoms with van der Waals surface area (Å²) in [6.45, 7) is 6.69. The standard InChI is InChI=1S/C13H24N2O3/c1-4-13(12(17)18)5-6-15(8-13)11(16)10(14)7-9(2)3/h9-10H,4-8,14H2,1-3H3,(H,17,18)/t10-,13?/m1/s1. The fraction of sp³-hybridized carbons (Fsp3) is 0.846. The summed E-state index contributed by atoms with van der Waals surface area (Å²) in [5.41, 5.74) is 5.09. The molecular formula is C13H24N2O3. The first-order chi connectivity index (χ1) is 8.32. The van der Waals surface area contributed by atoms with Crippen LogP contribution in [0.3, 0.4) is 0 Å². The molecule has 0 bridgehead atoms. The van der Waals surface area contributed by atoms with E-state index in [2.05, 4.69) is 0 Å². The quantitative estimate of drug-likeness (QED) is 0.770. The third kappa shape index (κ3) is 3.02. The van der Waals surface area contributed by atoms with E-state index in [0.29, 0.717) is 38.3 Å². The summed E-state index contributed by atoms with van der Waals surface area (Å²) in [4.78, 5) is 25.0. The average molecular weight is 256 g/mol. The Hall–Kier alpha value is -1.10. The van der Waals surface area contributed by atoms with Gasteiger partial charge in [-0.15, -0.1) is 0 Å². The second-order valence-corrected chi connectivity index (χ2v) is 5.68. The normalized spacial score (nSPS) is 25.5. The van der Waals surface area contributed by atoms with Gasteiger partial charge in [-0.1, -0.05) is 20.8 Å². The van der Waals surface area contributed by atoms with Crippen molar-refractivity contribution in [2.75, 3.05) is 13.1 Å². The van der Waals surface area contributed by atoms with Crippen molar-refractivity contribution in [1.29, 1.82) is 0 Å². The summed E-state index contributed by atoms with van der Waals surface area (Å²) in [7, 11) is 0. The van der Waals surface area contributed by atoms with E-state index in [1.54, 1.807) is 4.90 Å². The molecular weight excluding hydrogens is 232 g/mol. The summed E-state index contributed by atoms with van der Waals surface area (Å²) < 4.78 is 0. The molecule has 0 aliphatic carbocycles. The third-order valence-corrected chi connectivity index (χ3v) is 3.84. The minimum Gasteiger partial charge on any atom is -0.481 e. The maximum atomic E-state index is 12.1. The summed E-state index contributed by atoms with van der Waals surface area (Å²) in [6, 6.07) is -0.508. The van der Waals surface area contributed by atoms with Gasteiger partial charge in [0.25, 0.3) is 0 Å². The van der Waals surface area contributed by atoms with Gasteiger partial charge in [-0.25, -0.2) is 0 Å². The molecule has 104 valence electrons. The van der Waals surface area contributed by atoms with Gasteiger partial charge in [0.05, 0.1) is 11.5 Å². The van der Waals surface area contributed by atoms with Gasteiger partial charge in [-0.05, 0) is 25.2 Å². The molecule has 1 unspecified atom stereocenters. The van der Waals surface area contributed by atoms with Crippen molar-refractivity contribution in [3.63, 3.8) is 0 Å². The Balaban J connectivity index is 2.66. The van der Waals surface area contributed by atoms with Crippen LogP contribution in [0, 0.1) is 11.3 Å². The topological polar surface area (TPSA) is 83.6 Å². The lowest BCUT2D eigenvalue weighted by atomic mass is 9.84. The second kappa shape index (κ2) is 5.69. The molecule has 1 fully saturated rings. The highest BCUT2D eigenvalue weighted by atomic mass is 16.4. The summed E-state index contributed by atoms with van der Waals surface area (Å²) in [5.74, 6) is -0.556. The molecule has 0 aromatic heterocycles. The zero-order chi connectivity index (χ0) is 13.9. The van der Waals surface area contributed by atoms with Crippen LogP contribution in [0.25, 0.3) is 0 Å². The van der Waals surface area contributed by atoms with Gasteiger partial charge >= 0.3 is 5.97 Å². The Kier molecular flexibility index (Phi) is 4.73. The molecule has 18 heavy (non-hydrogen) atoms. The van der Waals surface area contributed by atoms with Crippen molar-refractivity contribution in [2.24, 2.45) is 17.1 Å². The predicted molar refractivity (Wildman–Crippen MR) is 69.0 cm³/mol. The first-order valence-corrected chi connectivity index (χ1v) is 6.60. The first kappa shape index (κ1) is 15.0. The van der Waals surface area contributed by atoms with E-state index in [9.17, 15) is 14.7 Å². The predicted octanol–water partition coefficient (Wildman–Crippen LogP) is 1.07. The van der Waals surface area contributed by atoms with Crippen LogP contribution < -0.4 is 5.73 Å². The first-order valence-electron chi connectivity index (χ1n) is 6.60. The van der Waals surface area contributed by atoms with E-state index in [4.69, 9.17) is 5.73 Å². The van der Waals surface area contributed by atoms with Crippen molar-refractivity contribution in [2.45, 2.75) is 46.1 Å². The zero-order valence-corrected chi connectivity index (χ0v) is 11.5. The average Bonchev–Trinajstić information content (AvgIpc) is 2.72. The van der Waals surface area contributed by atoms with Crippen LogP contribution in [0.5, 0.6) is 0 Å². The molecule has 0 aromatic rings. The van der Waals surface area contributed by atoms with Crippen LogP contribution in [0.1, 0.15) is 40.0 Å². The van der Waals surface area contributed by atoms with Crippen LogP contribution in [-0.2, 0) is 9.59 Å². The number of amides is 1. The number of aliphatic carboxylic acids is 1. The summed E-state index contributed by atoms with van der Waals surface area (Å²) in [6.07, 6.45) is 1.71. The van der Waals surface area contributed by atoms with Crippen LogP contribution in [-0.4, -0.2) is 41.0 Å². The van der Waals surface area contributed by atoms with Crippen LogP contribution >= 0.6 is 0 Å². The van der Waals surface area contributed by atoms with E-state index >= 15 is 0 Å². The number of nitrogens with two attached hydrogens (primary N) is 1. The Morgan fingerprint density at radius 3 is 2.44 bits per heavy atom. The van der Waals surface area contributed by atoms with Gasteiger partial charge in [0.2, 0.25) is 5.91 Å². The largest absolute Gasteiger partial charge is 0.481 e. The molecule has 0 aromatic carbocycles. The fourth-order valence-corrected chi connectivity index (χ4v) is 2.52. The molecule has 1 rings (SSSR count). The number of nitrogens with zero attached hydrogens (tertiary/aromatic N) is 1. The number of carboxylic acid groups (broad SMARTS) is 1. The molecule has 3 N–H and O–H groups in total. The molecule has 1 aliphatic heterocycles.